The van der Waals surface area contributed by atoms with Crippen molar-refractivity contribution < 1.29 is 14.7 Å². The average molecular weight is 251 g/mol. The van der Waals surface area contributed by atoms with Gasteiger partial charge in [-0.25, -0.2) is 0 Å². The Morgan fingerprint density at radius 2 is 1.94 bits per heavy atom. The van der Waals surface area contributed by atoms with Crippen LogP contribution in [0, 0.1) is 11.8 Å². The smallest absolute Gasteiger partial charge is 0.313 e. The lowest BCUT2D eigenvalue weighted by Crippen LogP contribution is -2.54. The quantitative estimate of drug-likeness (QED) is 0.786. The van der Waals surface area contributed by atoms with E-state index in [2.05, 4.69) is 5.32 Å². The molecule has 0 saturated heterocycles. The fourth-order valence-corrected chi connectivity index (χ4v) is 2.22. The normalized spacial score (nSPS) is 26.3. The fraction of sp³-hybridized carbons (Fsp3) is 0.571. The van der Waals surface area contributed by atoms with Crippen molar-refractivity contribution in [2.75, 3.05) is 0 Å². The van der Waals surface area contributed by atoms with Gasteiger partial charge in [-0.1, -0.05) is 38.2 Å². The topological polar surface area (TPSA) is 66.4 Å². The van der Waals surface area contributed by atoms with E-state index in [0.29, 0.717) is 0 Å². The Bertz CT molecular complexity index is 383. The van der Waals surface area contributed by atoms with Crippen molar-refractivity contribution in [3.8, 4) is 0 Å². The van der Waals surface area contributed by atoms with Crippen LogP contribution in [-0.2, 0) is 9.59 Å². The van der Waals surface area contributed by atoms with Gasteiger partial charge in [-0.15, -0.1) is 0 Å². The summed E-state index contributed by atoms with van der Waals surface area (Å²) in [6, 6.07) is 0. The number of carbonyl (C=O) groups excluding carboxylic acids is 1. The molecule has 0 heterocycles. The summed E-state index contributed by atoms with van der Waals surface area (Å²) >= 11 is 0. The molecule has 1 rings (SSSR count). The predicted octanol–water partition coefficient (Wildman–Crippen LogP) is 2.12. The Labute approximate surface area is 108 Å². The Balaban J connectivity index is 2.86. The molecule has 0 fully saturated rings. The predicted molar refractivity (Wildman–Crippen MR) is 70.0 cm³/mol. The van der Waals surface area contributed by atoms with Crippen LogP contribution >= 0.6 is 0 Å². The van der Waals surface area contributed by atoms with Crippen LogP contribution in [0.1, 0.15) is 33.6 Å². The Morgan fingerprint density at radius 1 is 1.33 bits per heavy atom. The molecule has 2 N–H and O–H groups in total. The Hall–Kier alpha value is -1.58. The van der Waals surface area contributed by atoms with Crippen molar-refractivity contribution in [1.29, 1.82) is 0 Å². The molecule has 0 aromatic heterocycles. The summed E-state index contributed by atoms with van der Waals surface area (Å²) in [4.78, 5) is 23.3. The maximum Gasteiger partial charge on any atom is 0.313 e. The number of nitrogens with one attached hydrogen (secondary N) is 1. The summed E-state index contributed by atoms with van der Waals surface area (Å²) in [5.41, 5.74) is -0.847. The van der Waals surface area contributed by atoms with Crippen LogP contribution < -0.4 is 5.32 Å². The maximum atomic E-state index is 12.1. The van der Waals surface area contributed by atoms with Gasteiger partial charge in [0.15, 0.2) is 0 Å². The average Bonchev–Trinajstić information content (AvgIpc) is 2.30. The Kier molecular flexibility index (Phi) is 4.70. The molecule has 1 aliphatic carbocycles. The van der Waals surface area contributed by atoms with Gasteiger partial charge >= 0.3 is 5.97 Å². The molecule has 18 heavy (non-hydrogen) atoms. The summed E-state index contributed by atoms with van der Waals surface area (Å²) < 4.78 is 0. The number of carbonyl (C=O) groups is 2. The van der Waals surface area contributed by atoms with Crippen molar-refractivity contribution in [3.05, 3.63) is 24.3 Å². The van der Waals surface area contributed by atoms with Crippen LogP contribution in [0.2, 0.25) is 0 Å². The van der Waals surface area contributed by atoms with E-state index in [4.69, 9.17) is 0 Å². The standard InChI is InChI=1S/C14H21NO3/c1-4-10(5-2)12(16)15-14(3)9-7-6-8-11(14)13(17)18/h6-11H,4-5H2,1-3H3,(H,15,16)(H,17,18). The van der Waals surface area contributed by atoms with Crippen molar-refractivity contribution in [2.45, 2.75) is 39.2 Å². The number of allylic oxidation sites excluding steroid dienone is 2. The first-order valence-electron chi connectivity index (χ1n) is 6.35. The minimum atomic E-state index is -0.928. The van der Waals surface area contributed by atoms with Crippen LogP contribution in [0.15, 0.2) is 24.3 Å². The number of rotatable bonds is 5. The molecule has 100 valence electrons. The van der Waals surface area contributed by atoms with Crippen LogP contribution in [0.5, 0.6) is 0 Å². The number of carboxylic acids is 1. The summed E-state index contributed by atoms with van der Waals surface area (Å²) in [7, 11) is 0. The van der Waals surface area contributed by atoms with E-state index in [-0.39, 0.29) is 11.8 Å². The van der Waals surface area contributed by atoms with Crippen LogP contribution in [0.4, 0.5) is 0 Å². The number of aliphatic carboxylic acids is 1. The molecule has 4 nitrogen and oxygen atoms in total. The van der Waals surface area contributed by atoms with Crippen LogP contribution in [0.25, 0.3) is 0 Å². The monoisotopic (exact) mass is 251 g/mol. The van der Waals surface area contributed by atoms with Gasteiger partial charge in [-0.05, 0) is 19.8 Å². The highest BCUT2D eigenvalue weighted by molar-refractivity contribution is 5.82. The summed E-state index contributed by atoms with van der Waals surface area (Å²) in [6.07, 6.45) is 8.34. The number of hydrogen-bond donors (Lipinski definition) is 2. The third-order valence-corrected chi connectivity index (χ3v) is 3.52. The van der Waals surface area contributed by atoms with Gasteiger partial charge in [-0.2, -0.15) is 0 Å². The third-order valence-electron chi connectivity index (χ3n) is 3.52. The molecule has 1 aliphatic rings. The van der Waals surface area contributed by atoms with Gasteiger partial charge in [0, 0.05) is 5.92 Å². The molecule has 1 amide bonds. The summed E-state index contributed by atoms with van der Waals surface area (Å²) in [5, 5.41) is 12.1. The first-order valence-corrected chi connectivity index (χ1v) is 6.35. The van der Waals surface area contributed by atoms with E-state index < -0.39 is 17.4 Å². The zero-order chi connectivity index (χ0) is 13.8. The minimum absolute atomic E-state index is 0.0597. The van der Waals surface area contributed by atoms with Gasteiger partial charge in [0.25, 0.3) is 0 Å². The second-order valence-electron chi connectivity index (χ2n) is 4.85. The number of amides is 1. The molecule has 2 atom stereocenters. The molecule has 0 aromatic rings. The molecule has 0 saturated carbocycles. The first kappa shape index (κ1) is 14.5. The molecule has 0 spiro atoms. The molecule has 2 unspecified atom stereocenters. The molecular formula is C14H21NO3. The SMILES string of the molecule is CCC(CC)C(=O)NC1(C)C=CC=CC1C(=O)O. The first-order chi connectivity index (χ1) is 8.44. The zero-order valence-electron chi connectivity index (χ0n) is 11.1. The van der Waals surface area contributed by atoms with Crippen molar-refractivity contribution in [2.24, 2.45) is 11.8 Å². The maximum absolute atomic E-state index is 12.1. The molecule has 0 aliphatic heterocycles. The zero-order valence-corrected chi connectivity index (χ0v) is 11.1. The highest BCUT2D eigenvalue weighted by Crippen LogP contribution is 2.25. The lowest BCUT2D eigenvalue weighted by Gasteiger charge is -2.34. The summed E-state index contributed by atoms with van der Waals surface area (Å²) in [6.45, 7) is 5.66. The van der Waals surface area contributed by atoms with Crippen molar-refractivity contribution in [1.82, 2.24) is 5.32 Å². The highest BCUT2D eigenvalue weighted by atomic mass is 16.4. The lowest BCUT2D eigenvalue weighted by molar-refractivity contribution is -0.142. The fourth-order valence-electron chi connectivity index (χ4n) is 2.22. The summed E-state index contributed by atoms with van der Waals surface area (Å²) in [5.74, 6) is -1.78. The van der Waals surface area contributed by atoms with E-state index in [0.717, 1.165) is 12.8 Å². The van der Waals surface area contributed by atoms with Crippen LogP contribution in [-0.4, -0.2) is 22.5 Å². The van der Waals surface area contributed by atoms with Gasteiger partial charge in [-0.3, -0.25) is 9.59 Å². The second-order valence-corrected chi connectivity index (χ2v) is 4.85. The molecule has 4 heteroatoms. The van der Waals surface area contributed by atoms with E-state index in [1.54, 1.807) is 31.2 Å². The van der Waals surface area contributed by atoms with Gasteiger partial charge < -0.3 is 10.4 Å². The lowest BCUT2D eigenvalue weighted by atomic mass is 9.81. The van der Waals surface area contributed by atoms with Gasteiger partial charge in [0.05, 0.1) is 5.54 Å². The van der Waals surface area contributed by atoms with Crippen LogP contribution in [0.3, 0.4) is 0 Å². The molecule has 0 bridgehead atoms. The number of carboxylic acid groups (broad SMARTS) is 1. The third kappa shape index (κ3) is 3.00. The second kappa shape index (κ2) is 5.85. The van der Waals surface area contributed by atoms with Gasteiger partial charge in [0.1, 0.15) is 5.92 Å². The number of hydrogen-bond acceptors (Lipinski definition) is 2. The largest absolute Gasteiger partial charge is 0.481 e. The van der Waals surface area contributed by atoms with Crippen molar-refractivity contribution >= 4 is 11.9 Å². The van der Waals surface area contributed by atoms with E-state index in [9.17, 15) is 14.7 Å². The van der Waals surface area contributed by atoms with Gasteiger partial charge in [0.2, 0.25) is 5.91 Å². The van der Waals surface area contributed by atoms with E-state index in [1.165, 1.54) is 0 Å². The molecule has 0 radical (unpaired) electrons. The molecule has 0 aromatic carbocycles. The highest BCUT2D eigenvalue weighted by Gasteiger charge is 2.38. The van der Waals surface area contributed by atoms with E-state index in [1.807, 2.05) is 13.8 Å². The Morgan fingerprint density at radius 3 is 2.44 bits per heavy atom. The van der Waals surface area contributed by atoms with Crippen molar-refractivity contribution in [3.63, 3.8) is 0 Å². The molecular weight excluding hydrogens is 230 g/mol. The minimum Gasteiger partial charge on any atom is -0.481 e. The van der Waals surface area contributed by atoms with E-state index >= 15 is 0 Å².